The lowest BCUT2D eigenvalue weighted by atomic mass is 9.87. The number of benzene rings is 1. The first-order valence-corrected chi connectivity index (χ1v) is 5.12. The molecule has 1 aliphatic rings. The van der Waals surface area contributed by atoms with Crippen molar-refractivity contribution in [1.82, 2.24) is 0 Å². The van der Waals surface area contributed by atoms with Crippen LogP contribution in [0.1, 0.15) is 29.6 Å². The third-order valence-electron chi connectivity index (χ3n) is 2.70. The Balaban J connectivity index is 2.12. The van der Waals surface area contributed by atoms with E-state index in [0.29, 0.717) is 5.78 Å². The van der Waals surface area contributed by atoms with Crippen LogP contribution >= 0.6 is 0 Å². The predicted molar refractivity (Wildman–Crippen MR) is 57.3 cm³/mol. The van der Waals surface area contributed by atoms with E-state index in [0.717, 1.165) is 24.8 Å². The second kappa shape index (κ2) is 4.23. The largest absolute Gasteiger partial charge is 0.294 e. The van der Waals surface area contributed by atoms with Crippen LogP contribution in [-0.2, 0) is 0 Å². The van der Waals surface area contributed by atoms with Gasteiger partial charge in [-0.15, -0.1) is 0 Å². The van der Waals surface area contributed by atoms with Gasteiger partial charge in [0.15, 0.2) is 5.78 Å². The van der Waals surface area contributed by atoms with E-state index in [1.807, 2.05) is 30.3 Å². The molecular weight excluding hydrogens is 172 g/mol. The van der Waals surface area contributed by atoms with Gasteiger partial charge in [0.25, 0.3) is 0 Å². The second-order valence-corrected chi connectivity index (χ2v) is 3.71. The minimum absolute atomic E-state index is 0.211. The van der Waals surface area contributed by atoms with Crippen molar-refractivity contribution in [1.29, 1.82) is 0 Å². The van der Waals surface area contributed by atoms with Gasteiger partial charge >= 0.3 is 0 Å². The van der Waals surface area contributed by atoms with Crippen molar-refractivity contribution in [3.05, 3.63) is 48.0 Å². The fourth-order valence-corrected chi connectivity index (χ4v) is 1.87. The van der Waals surface area contributed by atoms with Crippen LogP contribution in [-0.4, -0.2) is 5.78 Å². The van der Waals surface area contributed by atoms with Crippen LogP contribution in [0, 0.1) is 5.92 Å². The van der Waals surface area contributed by atoms with Gasteiger partial charge in [0, 0.05) is 11.5 Å². The first kappa shape index (κ1) is 9.20. The van der Waals surface area contributed by atoms with Crippen molar-refractivity contribution < 1.29 is 4.79 Å². The fraction of sp³-hybridized carbons (Fsp3) is 0.308. The van der Waals surface area contributed by atoms with Crippen molar-refractivity contribution in [3.8, 4) is 0 Å². The zero-order valence-electron chi connectivity index (χ0n) is 8.15. The quantitative estimate of drug-likeness (QED) is 0.512. The van der Waals surface area contributed by atoms with Gasteiger partial charge in [0.05, 0.1) is 0 Å². The van der Waals surface area contributed by atoms with E-state index in [1.54, 1.807) is 0 Å². The van der Waals surface area contributed by atoms with Crippen LogP contribution in [0.3, 0.4) is 0 Å². The molecule has 1 aliphatic carbocycles. The van der Waals surface area contributed by atoms with Gasteiger partial charge in [-0.1, -0.05) is 42.5 Å². The Kier molecular flexibility index (Phi) is 2.78. The van der Waals surface area contributed by atoms with Crippen molar-refractivity contribution >= 4 is 5.78 Å². The topological polar surface area (TPSA) is 17.1 Å². The molecule has 0 fully saturated rings. The van der Waals surface area contributed by atoms with E-state index in [-0.39, 0.29) is 5.92 Å². The predicted octanol–water partition coefficient (Wildman–Crippen LogP) is 3.23. The number of Topliss-reactive ketones (excluding diaryl/α,β-unsaturated/α-hetero) is 1. The Morgan fingerprint density at radius 1 is 1.14 bits per heavy atom. The Bertz CT molecular complexity index is 338. The summed E-state index contributed by atoms with van der Waals surface area (Å²) in [5.41, 5.74) is 0.854. The summed E-state index contributed by atoms with van der Waals surface area (Å²) in [4.78, 5) is 12.0. The number of carbonyl (C=O) groups excluding carboxylic acids is 1. The third kappa shape index (κ3) is 1.92. The van der Waals surface area contributed by atoms with E-state index < -0.39 is 0 Å². The molecule has 0 aliphatic heterocycles. The lowest BCUT2D eigenvalue weighted by molar-refractivity contribution is 0.0912. The number of rotatable bonds is 2. The Labute approximate surface area is 84.5 Å². The van der Waals surface area contributed by atoms with E-state index >= 15 is 0 Å². The lowest BCUT2D eigenvalue weighted by Gasteiger charge is -2.16. The Morgan fingerprint density at radius 3 is 2.57 bits per heavy atom. The highest BCUT2D eigenvalue weighted by Gasteiger charge is 2.19. The van der Waals surface area contributed by atoms with Crippen molar-refractivity contribution in [2.24, 2.45) is 5.92 Å². The maximum atomic E-state index is 12.0. The highest BCUT2D eigenvalue weighted by molar-refractivity contribution is 5.97. The van der Waals surface area contributed by atoms with Crippen LogP contribution in [0.4, 0.5) is 0 Å². The zero-order valence-corrected chi connectivity index (χ0v) is 8.15. The first-order valence-electron chi connectivity index (χ1n) is 5.12. The molecule has 0 unspecified atom stereocenters. The van der Waals surface area contributed by atoms with Gasteiger partial charge in [0.2, 0.25) is 0 Å². The van der Waals surface area contributed by atoms with Gasteiger partial charge in [-0.3, -0.25) is 4.79 Å². The minimum Gasteiger partial charge on any atom is -0.294 e. The molecule has 72 valence electrons. The summed E-state index contributed by atoms with van der Waals surface area (Å²) < 4.78 is 0. The van der Waals surface area contributed by atoms with Crippen molar-refractivity contribution in [2.75, 3.05) is 0 Å². The summed E-state index contributed by atoms with van der Waals surface area (Å²) in [5.74, 6) is 0.511. The maximum absolute atomic E-state index is 12.0. The number of allylic oxidation sites excluding steroid dienone is 2. The highest BCUT2D eigenvalue weighted by atomic mass is 16.1. The molecular formula is C13H14O. The average Bonchev–Trinajstić information content (AvgIpc) is 2.30. The molecule has 1 aromatic carbocycles. The maximum Gasteiger partial charge on any atom is 0.166 e. The molecule has 0 N–H and O–H groups in total. The summed E-state index contributed by atoms with van der Waals surface area (Å²) in [6.45, 7) is 0. The molecule has 0 heterocycles. The monoisotopic (exact) mass is 186 g/mol. The number of hydrogen-bond acceptors (Lipinski definition) is 1. The summed E-state index contributed by atoms with van der Waals surface area (Å²) in [7, 11) is 0. The summed E-state index contributed by atoms with van der Waals surface area (Å²) in [6, 6.07) is 9.59. The molecule has 0 spiro atoms. The molecule has 14 heavy (non-hydrogen) atoms. The van der Waals surface area contributed by atoms with Crippen molar-refractivity contribution in [3.63, 3.8) is 0 Å². The Hall–Kier alpha value is -1.37. The second-order valence-electron chi connectivity index (χ2n) is 3.71. The smallest absolute Gasteiger partial charge is 0.166 e. The fourth-order valence-electron chi connectivity index (χ4n) is 1.87. The van der Waals surface area contributed by atoms with Gasteiger partial charge < -0.3 is 0 Å². The number of hydrogen-bond donors (Lipinski definition) is 0. The summed E-state index contributed by atoms with van der Waals surface area (Å²) in [5, 5.41) is 0. The molecule has 0 aromatic heterocycles. The Morgan fingerprint density at radius 2 is 1.93 bits per heavy atom. The van der Waals surface area contributed by atoms with E-state index in [2.05, 4.69) is 12.2 Å². The molecule has 0 radical (unpaired) electrons. The molecule has 0 bridgehead atoms. The van der Waals surface area contributed by atoms with E-state index in [4.69, 9.17) is 0 Å². The normalized spacial score (nSPS) is 20.7. The third-order valence-corrected chi connectivity index (χ3v) is 2.70. The first-order chi connectivity index (χ1) is 6.88. The van der Waals surface area contributed by atoms with Crippen LogP contribution in [0.2, 0.25) is 0 Å². The number of ketones is 1. The van der Waals surface area contributed by atoms with Crippen LogP contribution in [0.15, 0.2) is 42.5 Å². The van der Waals surface area contributed by atoms with E-state index in [9.17, 15) is 4.79 Å². The SMILES string of the molecule is O=C(c1ccccc1)[C@H]1CC=CCC1. The summed E-state index contributed by atoms with van der Waals surface area (Å²) >= 11 is 0. The standard InChI is InChI=1S/C13H14O/c14-13(11-7-3-1-4-8-11)12-9-5-2-6-10-12/h1-5,7-8,12H,6,9-10H2/t12-/m0/s1. The highest BCUT2D eigenvalue weighted by Crippen LogP contribution is 2.22. The molecule has 1 atom stereocenters. The molecule has 1 aromatic rings. The van der Waals surface area contributed by atoms with Crippen molar-refractivity contribution in [2.45, 2.75) is 19.3 Å². The lowest BCUT2D eigenvalue weighted by Crippen LogP contribution is -2.15. The van der Waals surface area contributed by atoms with Gasteiger partial charge in [-0.2, -0.15) is 0 Å². The van der Waals surface area contributed by atoms with E-state index in [1.165, 1.54) is 0 Å². The minimum atomic E-state index is 0.211. The molecule has 2 rings (SSSR count). The molecule has 0 saturated carbocycles. The van der Waals surface area contributed by atoms with Gasteiger partial charge in [-0.05, 0) is 19.3 Å². The molecule has 1 heteroatoms. The van der Waals surface area contributed by atoms with Crippen LogP contribution < -0.4 is 0 Å². The van der Waals surface area contributed by atoms with Gasteiger partial charge in [-0.25, -0.2) is 0 Å². The van der Waals surface area contributed by atoms with Crippen LogP contribution in [0.5, 0.6) is 0 Å². The van der Waals surface area contributed by atoms with Crippen LogP contribution in [0.25, 0.3) is 0 Å². The number of carbonyl (C=O) groups is 1. The van der Waals surface area contributed by atoms with Gasteiger partial charge in [0.1, 0.15) is 0 Å². The molecule has 0 amide bonds. The summed E-state index contributed by atoms with van der Waals surface area (Å²) in [6.07, 6.45) is 7.24. The average molecular weight is 186 g/mol. The zero-order chi connectivity index (χ0) is 9.80. The molecule has 1 nitrogen and oxygen atoms in total. The molecule has 0 saturated heterocycles.